The van der Waals surface area contributed by atoms with Gasteiger partial charge in [0.2, 0.25) is 0 Å². The first-order valence-corrected chi connectivity index (χ1v) is 10.5. The number of thiophene rings is 1. The topological polar surface area (TPSA) is 120 Å². The van der Waals surface area contributed by atoms with Gasteiger partial charge in [-0.25, -0.2) is 14.8 Å². The predicted octanol–water partition coefficient (Wildman–Crippen LogP) is 4.77. The molecule has 8 nitrogen and oxygen atoms in total. The van der Waals surface area contributed by atoms with Crippen LogP contribution in [0.4, 0.5) is 5.82 Å². The maximum atomic E-state index is 11.1. The van der Waals surface area contributed by atoms with Crippen molar-refractivity contribution in [3.05, 3.63) is 71.5 Å². The maximum Gasteiger partial charge on any atom is 0.335 e. The van der Waals surface area contributed by atoms with Gasteiger partial charge in [-0.15, -0.1) is 11.3 Å². The van der Waals surface area contributed by atoms with Crippen molar-refractivity contribution in [1.29, 1.82) is 5.26 Å². The summed E-state index contributed by atoms with van der Waals surface area (Å²) in [6.07, 6.45) is 2.88. The Hall–Kier alpha value is -4.29. The zero-order chi connectivity index (χ0) is 22.5. The van der Waals surface area contributed by atoms with E-state index in [1.165, 1.54) is 36.0 Å². The van der Waals surface area contributed by atoms with Crippen LogP contribution >= 0.6 is 11.3 Å². The molecule has 4 aromatic rings. The largest absolute Gasteiger partial charge is 0.493 e. The van der Waals surface area contributed by atoms with E-state index in [0.29, 0.717) is 39.5 Å². The molecule has 2 heterocycles. The quantitative estimate of drug-likeness (QED) is 0.312. The van der Waals surface area contributed by atoms with Gasteiger partial charge >= 0.3 is 5.97 Å². The zero-order valence-corrected chi connectivity index (χ0v) is 17.8. The van der Waals surface area contributed by atoms with Crippen molar-refractivity contribution in [1.82, 2.24) is 9.97 Å². The number of carbonyl (C=O) groups is 1. The van der Waals surface area contributed by atoms with Crippen LogP contribution in [0.25, 0.3) is 20.7 Å². The molecule has 0 spiro atoms. The highest BCUT2D eigenvalue weighted by Crippen LogP contribution is 2.43. The number of anilines is 1. The van der Waals surface area contributed by atoms with Gasteiger partial charge in [0.05, 0.1) is 33.5 Å². The number of benzene rings is 2. The van der Waals surface area contributed by atoms with E-state index in [1.807, 2.05) is 31.2 Å². The molecule has 0 amide bonds. The average molecular weight is 443 g/mol. The van der Waals surface area contributed by atoms with Crippen LogP contribution in [0.1, 0.15) is 28.4 Å². The van der Waals surface area contributed by atoms with Crippen molar-refractivity contribution in [2.45, 2.75) is 6.92 Å². The number of aromatic carboxylic acids is 1. The third-order valence-electron chi connectivity index (χ3n) is 4.53. The smallest absolute Gasteiger partial charge is 0.335 e. The van der Waals surface area contributed by atoms with Crippen LogP contribution in [-0.2, 0) is 0 Å². The third kappa shape index (κ3) is 4.12. The molecule has 9 heteroatoms. The first-order chi connectivity index (χ1) is 15.6. The summed E-state index contributed by atoms with van der Waals surface area (Å²) < 4.78 is 6.42. The van der Waals surface area contributed by atoms with E-state index in [-0.39, 0.29) is 5.56 Å². The monoisotopic (exact) mass is 443 g/mol. The molecule has 0 fully saturated rings. The minimum atomic E-state index is -1.01. The molecule has 0 saturated carbocycles. The number of fused-ring (bicyclic) bond motifs is 1. The molecule has 0 saturated heterocycles. The normalized spacial score (nSPS) is 10.9. The summed E-state index contributed by atoms with van der Waals surface area (Å²) >= 11 is 1.38. The molecular weight excluding hydrogens is 426 g/mol. The van der Waals surface area contributed by atoms with Crippen molar-refractivity contribution in [3.8, 4) is 22.3 Å². The van der Waals surface area contributed by atoms with E-state index in [9.17, 15) is 10.1 Å². The highest BCUT2D eigenvalue weighted by atomic mass is 32.1. The number of rotatable bonds is 7. The first kappa shape index (κ1) is 21.0. The molecule has 4 rings (SSSR count). The molecule has 0 aliphatic heterocycles. The van der Waals surface area contributed by atoms with Crippen LogP contribution in [0, 0.1) is 11.3 Å². The van der Waals surface area contributed by atoms with Crippen molar-refractivity contribution >= 4 is 39.6 Å². The van der Waals surface area contributed by atoms with E-state index < -0.39 is 5.97 Å². The molecule has 0 aliphatic rings. The number of hydrogen-bond donors (Lipinski definition) is 2. The van der Waals surface area contributed by atoms with Gasteiger partial charge < -0.3 is 9.84 Å². The van der Waals surface area contributed by atoms with Crippen LogP contribution < -0.4 is 10.2 Å². The number of para-hydroxylation sites is 1. The molecule has 2 aromatic heterocycles. The highest BCUT2D eigenvalue weighted by molar-refractivity contribution is 7.23. The van der Waals surface area contributed by atoms with Crippen LogP contribution in [0.5, 0.6) is 5.75 Å². The summed E-state index contributed by atoms with van der Waals surface area (Å²) in [5, 5.41) is 23.1. The minimum absolute atomic E-state index is 0.174. The van der Waals surface area contributed by atoms with Gasteiger partial charge in [-0.05, 0) is 36.8 Å². The summed E-state index contributed by atoms with van der Waals surface area (Å²) in [5.74, 6) is 0.132. The Morgan fingerprint density at radius 3 is 2.91 bits per heavy atom. The second kappa shape index (κ2) is 9.24. The van der Waals surface area contributed by atoms with Crippen molar-refractivity contribution in [3.63, 3.8) is 0 Å². The maximum absolute atomic E-state index is 11.1. The van der Waals surface area contributed by atoms with Crippen LogP contribution in [0.3, 0.4) is 0 Å². The third-order valence-corrected chi connectivity index (χ3v) is 5.75. The highest BCUT2D eigenvalue weighted by Gasteiger charge is 2.20. The summed E-state index contributed by atoms with van der Waals surface area (Å²) in [4.78, 5) is 20.4. The number of hydrazone groups is 1. The van der Waals surface area contributed by atoms with Gasteiger partial charge in [0.1, 0.15) is 23.7 Å². The van der Waals surface area contributed by atoms with Crippen LogP contribution in [0.2, 0.25) is 0 Å². The van der Waals surface area contributed by atoms with E-state index in [1.54, 1.807) is 12.1 Å². The second-order valence-electron chi connectivity index (χ2n) is 6.55. The predicted molar refractivity (Wildman–Crippen MR) is 123 cm³/mol. The Bertz CT molecular complexity index is 1370. The summed E-state index contributed by atoms with van der Waals surface area (Å²) in [6, 6.07) is 16.2. The van der Waals surface area contributed by atoms with Gasteiger partial charge in [-0.2, -0.15) is 10.4 Å². The van der Waals surface area contributed by atoms with E-state index >= 15 is 0 Å². The fourth-order valence-electron chi connectivity index (χ4n) is 3.14. The van der Waals surface area contributed by atoms with Gasteiger partial charge in [-0.1, -0.05) is 24.3 Å². The molecular formula is C23H17N5O3S. The van der Waals surface area contributed by atoms with E-state index in [0.717, 1.165) is 10.4 Å². The minimum Gasteiger partial charge on any atom is -0.493 e. The van der Waals surface area contributed by atoms with Crippen molar-refractivity contribution in [2.75, 3.05) is 12.0 Å². The molecule has 32 heavy (non-hydrogen) atoms. The average Bonchev–Trinajstić information content (AvgIpc) is 3.19. The van der Waals surface area contributed by atoms with E-state index in [4.69, 9.17) is 9.84 Å². The summed E-state index contributed by atoms with van der Waals surface area (Å²) in [7, 11) is 0. The summed E-state index contributed by atoms with van der Waals surface area (Å²) in [6.45, 7) is 2.42. The number of carboxylic acids is 1. The summed E-state index contributed by atoms with van der Waals surface area (Å²) in [5.41, 5.74) is 5.46. The number of aromatic nitrogens is 2. The van der Waals surface area contributed by atoms with Crippen LogP contribution in [-0.4, -0.2) is 33.9 Å². The lowest BCUT2D eigenvalue weighted by atomic mass is 10.1. The van der Waals surface area contributed by atoms with Gasteiger partial charge in [0.25, 0.3) is 0 Å². The lowest BCUT2D eigenvalue weighted by Gasteiger charge is -2.08. The Kier molecular flexibility index (Phi) is 6.05. The fraction of sp³-hybridized carbons (Fsp3) is 0.0870. The lowest BCUT2D eigenvalue weighted by Crippen LogP contribution is -1.98. The molecule has 2 N–H and O–H groups in total. The Labute approximate surface area is 187 Å². The zero-order valence-electron chi connectivity index (χ0n) is 16.9. The first-order valence-electron chi connectivity index (χ1n) is 9.64. The lowest BCUT2D eigenvalue weighted by molar-refractivity contribution is 0.0697. The van der Waals surface area contributed by atoms with Crippen LogP contribution in [0.15, 0.2) is 60.0 Å². The number of ether oxygens (including phenoxy) is 1. The molecule has 158 valence electrons. The Balaban J connectivity index is 1.71. The van der Waals surface area contributed by atoms with Gasteiger partial charge in [-0.3, -0.25) is 5.43 Å². The number of nitrogens with one attached hydrogen (secondary N) is 1. The van der Waals surface area contributed by atoms with Gasteiger partial charge in [0.15, 0.2) is 5.82 Å². The van der Waals surface area contributed by atoms with Crippen molar-refractivity contribution < 1.29 is 14.6 Å². The number of nitriles is 1. The molecule has 0 aliphatic carbocycles. The Morgan fingerprint density at radius 1 is 1.28 bits per heavy atom. The number of carboxylic acid groups (broad SMARTS) is 1. The van der Waals surface area contributed by atoms with Crippen molar-refractivity contribution in [2.24, 2.45) is 5.10 Å². The number of hydrogen-bond acceptors (Lipinski definition) is 8. The molecule has 0 atom stereocenters. The SMILES string of the molecule is CCOc1ccccc1-c1sc2c(NN=Cc3cccc(C(=O)O)c3)ncnc2c1C#N. The molecule has 0 unspecified atom stereocenters. The van der Waals surface area contributed by atoms with Gasteiger partial charge in [0, 0.05) is 5.56 Å². The second-order valence-corrected chi connectivity index (χ2v) is 7.57. The standard InChI is InChI=1S/C23H17N5O3S/c1-2-31-18-9-4-3-8-16(18)20-17(11-24)19-21(32-20)22(26-13-25-19)28-27-12-14-6-5-7-15(10-14)23(29)30/h3-10,12-13H,2H2,1H3,(H,29,30)(H,25,26,28). The Morgan fingerprint density at radius 2 is 2.12 bits per heavy atom. The molecule has 2 aromatic carbocycles. The molecule has 0 radical (unpaired) electrons. The number of nitrogens with zero attached hydrogens (tertiary/aromatic N) is 4. The fourth-order valence-corrected chi connectivity index (χ4v) is 4.31. The van der Waals surface area contributed by atoms with E-state index in [2.05, 4.69) is 26.6 Å². The molecule has 0 bridgehead atoms.